The number of nitrogens with zero attached hydrogens (tertiary/aromatic N) is 4. The van der Waals surface area contributed by atoms with Crippen molar-refractivity contribution in [3.05, 3.63) is 78.5 Å². The van der Waals surface area contributed by atoms with E-state index >= 15 is 0 Å². The number of rotatable bonds is 5. The maximum absolute atomic E-state index is 13.4. The fourth-order valence-electron chi connectivity index (χ4n) is 5.21. The number of nitrogens with one attached hydrogen (secondary N) is 1. The molecule has 2 aliphatic rings. The molecular weight excluding hydrogens is 445 g/mol. The molecule has 1 saturated heterocycles. The smallest absolute Gasteiger partial charge is 0.161 e. The maximum Gasteiger partial charge on any atom is 0.161 e. The van der Waals surface area contributed by atoms with Crippen molar-refractivity contribution in [3.63, 3.8) is 0 Å². The number of benzene rings is 2. The molecule has 2 aromatic carbocycles. The first kappa shape index (κ1) is 22.7. The van der Waals surface area contributed by atoms with Crippen LogP contribution in [0.1, 0.15) is 18.9 Å². The molecule has 0 bridgehead atoms. The third-order valence-electron chi connectivity index (χ3n) is 6.94. The second-order valence-electron chi connectivity index (χ2n) is 9.09. The van der Waals surface area contributed by atoms with Crippen LogP contribution >= 0.6 is 13.5 Å². The summed E-state index contributed by atoms with van der Waals surface area (Å²) in [5, 5.41) is 3.50. The standard InChI is InChI=1S/C27H28FN5.H2S/c1-2-29-15-19-9-11-31(16-19)24-7-8-25-22(13-24)18-32-17-21(20-3-5-23(28)6-4-20)14-26(32)27-30-10-12-33(25)27;/h3-8,10,12-14,17,19,29H,2,9,11,15-16,18H2,1H3;1H2/t19-;/m0./s1. The maximum atomic E-state index is 13.4. The van der Waals surface area contributed by atoms with E-state index in [-0.39, 0.29) is 19.3 Å². The number of hydrogen-bond acceptors (Lipinski definition) is 3. The molecule has 0 unspecified atom stereocenters. The second-order valence-corrected chi connectivity index (χ2v) is 9.09. The summed E-state index contributed by atoms with van der Waals surface area (Å²) >= 11 is 0. The lowest BCUT2D eigenvalue weighted by Crippen LogP contribution is -2.26. The molecule has 0 saturated carbocycles. The fourth-order valence-corrected chi connectivity index (χ4v) is 5.21. The summed E-state index contributed by atoms with van der Waals surface area (Å²) in [4.78, 5) is 7.20. The third kappa shape index (κ3) is 4.03. The van der Waals surface area contributed by atoms with Gasteiger partial charge < -0.3 is 14.8 Å². The van der Waals surface area contributed by atoms with Gasteiger partial charge in [-0.2, -0.15) is 13.5 Å². The Morgan fingerprint density at radius 2 is 1.94 bits per heavy atom. The number of halogens is 1. The zero-order valence-corrected chi connectivity index (χ0v) is 20.3. The third-order valence-corrected chi connectivity index (χ3v) is 6.94. The minimum Gasteiger partial charge on any atom is -0.371 e. The van der Waals surface area contributed by atoms with Gasteiger partial charge in [0, 0.05) is 49.5 Å². The molecule has 0 aliphatic carbocycles. The largest absolute Gasteiger partial charge is 0.371 e. The Morgan fingerprint density at radius 3 is 2.76 bits per heavy atom. The van der Waals surface area contributed by atoms with Crippen LogP contribution in [0.5, 0.6) is 0 Å². The Bertz CT molecular complexity index is 1290. The molecule has 0 spiro atoms. The Labute approximate surface area is 206 Å². The van der Waals surface area contributed by atoms with Crippen molar-refractivity contribution >= 4 is 19.2 Å². The highest BCUT2D eigenvalue weighted by atomic mass is 32.1. The molecule has 4 heterocycles. The Hall–Kier alpha value is -3.03. The minimum atomic E-state index is -0.217. The van der Waals surface area contributed by atoms with Crippen LogP contribution in [0, 0.1) is 11.7 Å². The number of fused-ring (bicyclic) bond motifs is 5. The Balaban J connectivity index is 0.00000241. The molecule has 0 amide bonds. The number of imidazole rings is 1. The minimum absolute atomic E-state index is 0. The lowest BCUT2D eigenvalue weighted by Gasteiger charge is -2.21. The molecule has 1 N–H and O–H groups in total. The molecule has 34 heavy (non-hydrogen) atoms. The summed E-state index contributed by atoms with van der Waals surface area (Å²) < 4.78 is 17.9. The molecule has 2 aliphatic heterocycles. The van der Waals surface area contributed by atoms with E-state index in [4.69, 9.17) is 0 Å². The van der Waals surface area contributed by atoms with Crippen LogP contribution in [0.15, 0.2) is 67.1 Å². The van der Waals surface area contributed by atoms with E-state index < -0.39 is 0 Å². The first-order valence-corrected chi connectivity index (χ1v) is 11.8. The van der Waals surface area contributed by atoms with Crippen LogP contribution in [0.4, 0.5) is 10.1 Å². The van der Waals surface area contributed by atoms with Crippen molar-refractivity contribution in [2.24, 2.45) is 5.92 Å². The lowest BCUT2D eigenvalue weighted by molar-refractivity contribution is 0.528. The Morgan fingerprint density at radius 1 is 1.09 bits per heavy atom. The van der Waals surface area contributed by atoms with Crippen LogP contribution in [0.3, 0.4) is 0 Å². The van der Waals surface area contributed by atoms with Gasteiger partial charge in [-0.1, -0.05) is 19.1 Å². The van der Waals surface area contributed by atoms with Gasteiger partial charge >= 0.3 is 0 Å². The molecule has 5 nitrogen and oxygen atoms in total. The molecule has 1 fully saturated rings. The number of anilines is 1. The summed E-state index contributed by atoms with van der Waals surface area (Å²) in [5.41, 5.74) is 6.91. The average Bonchev–Trinajstić information content (AvgIpc) is 3.57. The first-order valence-electron chi connectivity index (χ1n) is 11.8. The zero-order valence-electron chi connectivity index (χ0n) is 19.3. The van der Waals surface area contributed by atoms with Crippen molar-refractivity contribution in [1.29, 1.82) is 0 Å². The number of aromatic nitrogens is 3. The van der Waals surface area contributed by atoms with Gasteiger partial charge in [-0.25, -0.2) is 9.37 Å². The van der Waals surface area contributed by atoms with Gasteiger partial charge in [0.25, 0.3) is 0 Å². The highest BCUT2D eigenvalue weighted by Crippen LogP contribution is 2.36. The van der Waals surface area contributed by atoms with E-state index in [2.05, 4.69) is 61.7 Å². The molecule has 0 radical (unpaired) electrons. The van der Waals surface area contributed by atoms with E-state index in [0.717, 1.165) is 55.4 Å². The normalized spacial score (nSPS) is 16.4. The highest BCUT2D eigenvalue weighted by molar-refractivity contribution is 7.59. The molecule has 4 aromatic rings. The van der Waals surface area contributed by atoms with E-state index in [0.29, 0.717) is 5.92 Å². The van der Waals surface area contributed by atoms with Crippen LogP contribution in [-0.2, 0) is 6.54 Å². The quantitative estimate of drug-likeness (QED) is 0.386. The van der Waals surface area contributed by atoms with Crippen molar-refractivity contribution in [3.8, 4) is 28.3 Å². The molecule has 176 valence electrons. The summed E-state index contributed by atoms with van der Waals surface area (Å²) in [6, 6.07) is 15.7. The summed E-state index contributed by atoms with van der Waals surface area (Å²) in [6.45, 7) is 7.27. The topological polar surface area (TPSA) is 38.0 Å². The van der Waals surface area contributed by atoms with Gasteiger partial charge in [0.05, 0.1) is 11.4 Å². The molecule has 1 atom stereocenters. The van der Waals surface area contributed by atoms with Crippen molar-refractivity contribution in [2.75, 3.05) is 31.1 Å². The van der Waals surface area contributed by atoms with Crippen molar-refractivity contribution < 1.29 is 4.39 Å². The predicted molar refractivity (Wildman–Crippen MR) is 141 cm³/mol. The van der Waals surface area contributed by atoms with E-state index in [1.54, 1.807) is 0 Å². The SMILES string of the molecule is CCNC[C@@H]1CCN(c2ccc3c(c2)Cn2cc(-c4ccc(F)cc4)cc2-c2nccn2-3)C1.S. The average molecular weight is 476 g/mol. The summed E-state index contributed by atoms with van der Waals surface area (Å²) in [6.07, 6.45) is 7.29. The van der Waals surface area contributed by atoms with E-state index in [9.17, 15) is 4.39 Å². The number of hydrogen-bond donors (Lipinski definition) is 1. The van der Waals surface area contributed by atoms with Gasteiger partial charge in [-0.05, 0) is 73.0 Å². The second kappa shape index (κ2) is 9.31. The summed E-state index contributed by atoms with van der Waals surface area (Å²) in [5.74, 6) is 1.42. The highest BCUT2D eigenvalue weighted by Gasteiger charge is 2.25. The van der Waals surface area contributed by atoms with Gasteiger partial charge in [0.15, 0.2) is 5.82 Å². The van der Waals surface area contributed by atoms with Gasteiger partial charge in [0.1, 0.15) is 5.82 Å². The molecular formula is C27H30FN5S. The van der Waals surface area contributed by atoms with E-state index in [1.165, 1.54) is 35.5 Å². The van der Waals surface area contributed by atoms with Gasteiger partial charge in [-0.15, -0.1) is 0 Å². The fraction of sp³-hybridized carbons (Fsp3) is 0.296. The molecule has 2 aromatic heterocycles. The van der Waals surface area contributed by atoms with Crippen LogP contribution in [-0.4, -0.2) is 40.3 Å². The monoisotopic (exact) mass is 475 g/mol. The molecule has 7 heteroatoms. The predicted octanol–water partition coefficient (Wildman–Crippen LogP) is 5.06. The van der Waals surface area contributed by atoms with Gasteiger partial charge in [-0.3, -0.25) is 4.57 Å². The van der Waals surface area contributed by atoms with E-state index in [1.807, 2.05) is 24.5 Å². The lowest BCUT2D eigenvalue weighted by atomic mass is 10.1. The van der Waals surface area contributed by atoms with Crippen LogP contribution in [0.25, 0.3) is 28.3 Å². The van der Waals surface area contributed by atoms with Crippen molar-refractivity contribution in [1.82, 2.24) is 19.4 Å². The van der Waals surface area contributed by atoms with Crippen molar-refractivity contribution in [2.45, 2.75) is 19.9 Å². The molecule has 6 rings (SSSR count). The Kier molecular flexibility index (Phi) is 6.23. The first-order chi connectivity index (χ1) is 16.2. The van der Waals surface area contributed by atoms with Crippen LogP contribution < -0.4 is 10.2 Å². The summed E-state index contributed by atoms with van der Waals surface area (Å²) in [7, 11) is 0. The van der Waals surface area contributed by atoms with Crippen LogP contribution in [0.2, 0.25) is 0 Å². The van der Waals surface area contributed by atoms with Gasteiger partial charge in [0.2, 0.25) is 0 Å². The zero-order chi connectivity index (χ0) is 22.4.